The molecule has 0 unspecified atom stereocenters. The minimum atomic E-state index is 0.351. The molecule has 0 saturated carbocycles. The van der Waals surface area contributed by atoms with Crippen molar-refractivity contribution in [3.8, 4) is 0 Å². The fourth-order valence-electron chi connectivity index (χ4n) is 1.63. The van der Waals surface area contributed by atoms with Crippen molar-refractivity contribution >= 4 is 0 Å². The highest BCUT2D eigenvalue weighted by molar-refractivity contribution is 5.04. The molecule has 76 valence electrons. The second kappa shape index (κ2) is 4.43. The van der Waals surface area contributed by atoms with Gasteiger partial charge in [-0.3, -0.25) is 0 Å². The van der Waals surface area contributed by atoms with Crippen LogP contribution in [0.1, 0.15) is 30.3 Å². The van der Waals surface area contributed by atoms with Crippen LogP contribution in [0.5, 0.6) is 0 Å². The zero-order valence-corrected chi connectivity index (χ0v) is 8.02. The van der Waals surface area contributed by atoms with E-state index in [2.05, 4.69) is 15.2 Å². The van der Waals surface area contributed by atoms with E-state index in [1.165, 1.54) is 0 Å². The highest BCUT2D eigenvalue weighted by atomic mass is 16.5. The first kappa shape index (κ1) is 9.48. The third kappa shape index (κ3) is 2.05. The summed E-state index contributed by atoms with van der Waals surface area (Å²) >= 11 is 0. The molecule has 0 aliphatic carbocycles. The molecule has 1 fully saturated rings. The van der Waals surface area contributed by atoms with Gasteiger partial charge in [-0.25, -0.2) is 4.98 Å². The molecule has 1 aromatic heterocycles. The van der Waals surface area contributed by atoms with Crippen molar-refractivity contribution in [2.45, 2.75) is 25.3 Å². The van der Waals surface area contributed by atoms with Crippen LogP contribution in [0.25, 0.3) is 0 Å². The summed E-state index contributed by atoms with van der Waals surface area (Å²) < 4.78 is 5.29. The number of aromatic nitrogens is 3. The summed E-state index contributed by atoms with van der Waals surface area (Å²) in [4.78, 5) is 4.36. The Morgan fingerprint density at radius 1 is 1.43 bits per heavy atom. The standard InChI is InChI=1S/C9H14N4O/c10-5-9-12-8(6-11-13-9)7-1-3-14-4-2-7/h6-7H,1-5,10H2. The van der Waals surface area contributed by atoms with E-state index in [-0.39, 0.29) is 0 Å². The normalized spacial score (nSPS) is 18.4. The Balaban J connectivity index is 2.13. The van der Waals surface area contributed by atoms with Crippen molar-refractivity contribution in [1.82, 2.24) is 15.2 Å². The maximum Gasteiger partial charge on any atom is 0.164 e. The molecular weight excluding hydrogens is 180 g/mol. The Labute approximate surface area is 82.7 Å². The predicted molar refractivity (Wildman–Crippen MR) is 50.5 cm³/mol. The van der Waals surface area contributed by atoms with Gasteiger partial charge in [0.1, 0.15) is 0 Å². The summed E-state index contributed by atoms with van der Waals surface area (Å²) in [5.74, 6) is 1.08. The highest BCUT2D eigenvalue weighted by Gasteiger charge is 2.17. The van der Waals surface area contributed by atoms with E-state index in [9.17, 15) is 0 Å². The number of ether oxygens (including phenoxy) is 1. The monoisotopic (exact) mass is 194 g/mol. The van der Waals surface area contributed by atoms with Gasteiger partial charge in [0.2, 0.25) is 0 Å². The zero-order valence-electron chi connectivity index (χ0n) is 8.02. The van der Waals surface area contributed by atoms with Crippen molar-refractivity contribution in [1.29, 1.82) is 0 Å². The smallest absolute Gasteiger partial charge is 0.164 e. The number of hydrogen-bond donors (Lipinski definition) is 1. The molecule has 0 aromatic carbocycles. The van der Waals surface area contributed by atoms with Gasteiger partial charge in [0.05, 0.1) is 18.4 Å². The molecule has 2 N–H and O–H groups in total. The lowest BCUT2D eigenvalue weighted by molar-refractivity contribution is 0.0843. The van der Waals surface area contributed by atoms with E-state index in [1.54, 1.807) is 6.20 Å². The number of rotatable bonds is 2. The molecular formula is C9H14N4O. The first-order valence-corrected chi connectivity index (χ1v) is 4.86. The van der Waals surface area contributed by atoms with Crippen LogP contribution in [0.2, 0.25) is 0 Å². The average Bonchev–Trinajstić information content (AvgIpc) is 2.30. The largest absolute Gasteiger partial charge is 0.381 e. The van der Waals surface area contributed by atoms with Gasteiger partial charge < -0.3 is 10.5 Å². The second-order valence-corrected chi connectivity index (χ2v) is 3.39. The summed E-state index contributed by atoms with van der Waals surface area (Å²) in [5.41, 5.74) is 6.46. The van der Waals surface area contributed by atoms with Gasteiger partial charge in [0.15, 0.2) is 5.82 Å². The van der Waals surface area contributed by atoms with Crippen molar-refractivity contribution in [3.63, 3.8) is 0 Å². The third-order valence-corrected chi connectivity index (χ3v) is 2.44. The molecule has 1 aliphatic rings. The topological polar surface area (TPSA) is 73.9 Å². The van der Waals surface area contributed by atoms with Crippen molar-refractivity contribution in [2.75, 3.05) is 13.2 Å². The SMILES string of the molecule is NCc1nncc(C2CCOCC2)n1. The molecule has 0 radical (unpaired) electrons. The molecule has 1 saturated heterocycles. The number of nitrogens with zero attached hydrogens (tertiary/aromatic N) is 3. The third-order valence-electron chi connectivity index (χ3n) is 2.44. The molecule has 0 spiro atoms. The summed E-state index contributed by atoms with van der Waals surface area (Å²) in [5, 5.41) is 7.73. The molecule has 0 atom stereocenters. The number of nitrogens with two attached hydrogens (primary N) is 1. The highest BCUT2D eigenvalue weighted by Crippen LogP contribution is 2.24. The molecule has 1 aliphatic heterocycles. The lowest BCUT2D eigenvalue weighted by atomic mass is 9.97. The van der Waals surface area contributed by atoms with Crippen LogP contribution in [-0.4, -0.2) is 28.4 Å². The molecule has 0 amide bonds. The molecule has 2 heterocycles. The Bertz CT molecular complexity index is 299. The zero-order chi connectivity index (χ0) is 9.80. The molecule has 5 nitrogen and oxygen atoms in total. The van der Waals surface area contributed by atoms with Crippen LogP contribution in [0, 0.1) is 0 Å². The van der Waals surface area contributed by atoms with E-state index in [0.717, 1.165) is 31.7 Å². The maximum absolute atomic E-state index is 5.46. The van der Waals surface area contributed by atoms with Gasteiger partial charge >= 0.3 is 0 Å². The Kier molecular flexibility index (Phi) is 3.00. The van der Waals surface area contributed by atoms with E-state index >= 15 is 0 Å². The first-order valence-electron chi connectivity index (χ1n) is 4.86. The van der Waals surface area contributed by atoms with Crippen LogP contribution >= 0.6 is 0 Å². The van der Waals surface area contributed by atoms with Crippen molar-refractivity contribution in [3.05, 3.63) is 17.7 Å². The lowest BCUT2D eigenvalue weighted by Gasteiger charge is -2.21. The minimum absolute atomic E-state index is 0.351. The fraction of sp³-hybridized carbons (Fsp3) is 0.667. The molecule has 5 heteroatoms. The summed E-state index contributed by atoms with van der Waals surface area (Å²) in [6.45, 7) is 1.98. The van der Waals surface area contributed by atoms with Crippen LogP contribution in [0.3, 0.4) is 0 Å². The van der Waals surface area contributed by atoms with Crippen LogP contribution in [0.4, 0.5) is 0 Å². The Morgan fingerprint density at radius 3 is 2.93 bits per heavy atom. The van der Waals surface area contributed by atoms with E-state index in [0.29, 0.717) is 18.3 Å². The van der Waals surface area contributed by atoms with Crippen LogP contribution in [0.15, 0.2) is 6.20 Å². The van der Waals surface area contributed by atoms with E-state index in [4.69, 9.17) is 10.5 Å². The van der Waals surface area contributed by atoms with Crippen LogP contribution in [-0.2, 0) is 11.3 Å². The van der Waals surface area contributed by atoms with E-state index < -0.39 is 0 Å². The molecule has 2 rings (SSSR count). The average molecular weight is 194 g/mol. The quantitative estimate of drug-likeness (QED) is 0.729. The molecule has 1 aromatic rings. The van der Waals surface area contributed by atoms with Gasteiger partial charge in [-0.1, -0.05) is 0 Å². The van der Waals surface area contributed by atoms with Gasteiger partial charge in [0, 0.05) is 19.1 Å². The Morgan fingerprint density at radius 2 is 2.21 bits per heavy atom. The fourth-order valence-corrected chi connectivity index (χ4v) is 1.63. The van der Waals surface area contributed by atoms with Crippen molar-refractivity contribution < 1.29 is 4.74 Å². The lowest BCUT2D eigenvalue weighted by Crippen LogP contribution is -2.17. The minimum Gasteiger partial charge on any atom is -0.381 e. The van der Waals surface area contributed by atoms with Gasteiger partial charge in [-0.05, 0) is 12.8 Å². The maximum atomic E-state index is 5.46. The second-order valence-electron chi connectivity index (χ2n) is 3.39. The molecule has 0 bridgehead atoms. The Hall–Kier alpha value is -1.07. The van der Waals surface area contributed by atoms with Crippen LogP contribution < -0.4 is 5.73 Å². The van der Waals surface area contributed by atoms with Gasteiger partial charge in [-0.2, -0.15) is 5.10 Å². The van der Waals surface area contributed by atoms with Crippen molar-refractivity contribution in [2.24, 2.45) is 5.73 Å². The van der Waals surface area contributed by atoms with Gasteiger partial charge in [0.25, 0.3) is 0 Å². The summed E-state index contributed by atoms with van der Waals surface area (Å²) in [6, 6.07) is 0. The van der Waals surface area contributed by atoms with E-state index in [1.807, 2.05) is 0 Å². The first-order chi connectivity index (χ1) is 6.90. The van der Waals surface area contributed by atoms with Gasteiger partial charge in [-0.15, -0.1) is 5.10 Å². The number of hydrogen-bond acceptors (Lipinski definition) is 5. The molecule has 14 heavy (non-hydrogen) atoms. The predicted octanol–water partition coefficient (Wildman–Crippen LogP) is 0.224. The summed E-state index contributed by atoms with van der Waals surface area (Å²) in [7, 11) is 0. The summed E-state index contributed by atoms with van der Waals surface area (Å²) in [6.07, 6.45) is 3.76.